The van der Waals surface area contributed by atoms with Crippen molar-refractivity contribution >= 4 is 40.2 Å². The lowest BCUT2D eigenvalue weighted by Crippen LogP contribution is -2.27. The molecule has 124 valence electrons. The molecule has 2 heterocycles. The molecule has 2 aromatic carbocycles. The molecule has 2 amide bonds. The molecule has 0 N–H and O–H groups in total. The second-order valence-electron chi connectivity index (χ2n) is 5.92. The van der Waals surface area contributed by atoms with Gasteiger partial charge in [-0.25, -0.2) is 0 Å². The van der Waals surface area contributed by atoms with Crippen LogP contribution in [0.3, 0.4) is 0 Å². The van der Waals surface area contributed by atoms with E-state index in [1.165, 1.54) is 11.3 Å². The Balaban J connectivity index is 1.84. The summed E-state index contributed by atoms with van der Waals surface area (Å²) in [6.45, 7) is 0. The second kappa shape index (κ2) is 6.18. The van der Waals surface area contributed by atoms with Crippen molar-refractivity contribution in [2.24, 2.45) is 0 Å². The van der Waals surface area contributed by atoms with Crippen LogP contribution in [0.1, 0.15) is 15.9 Å². The molecule has 1 aliphatic heterocycles. The Hall–Kier alpha value is -2.92. The van der Waals surface area contributed by atoms with Crippen LogP contribution < -0.4 is 9.80 Å². The zero-order valence-electron chi connectivity index (χ0n) is 13.7. The van der Waals surface area contributed by atoms with Crippen LogP contribution >= 0.6 is 11.3 Å². The van der Waals surface area contributed by atoms with Crippen molar-refractivity contribution in [3.63, 3.8) is 0 Å². The van der Waals surface area contributed by atoms with Gasteiger partial charge in [-0.15, -0.1) is 11.3 Å². The van der Waals surface area contributed by atoms with Crippen molar-refractivity contribution in [1.82, 2.24) is 0 Å². The van der Waals surface area contributed by atoms with Crippen molar-refractivity contribution in [1.29, 1.82) is 0 Å². The smallest absolute Gasteiger partial charge is 0.261 e. The molecule has 4 nitrogen and oxygen atoms in total. The average Bonchev–Trinajstić information content (AvgIpc) is 3.08. The van der Waals surface area contributed by atoms with Gasteiger partial charge in [0.1, 0.15) is 0 Å². The fourth-order valence-electron chi connectivity index (χ4n) is 3.10. The molecule has 0 radical (unpaired) electrons. The Morgan fingerprint density at radius 2 is 1.60 bits per heavy atom. The maximum absolute atomic E-state index is 13.2. The SMILES string of the molecule is CN1C(=O)c2cscc2N(C(=O)Cc2ccccc2)c2ccccc21. The van der Waals surface area contributed by atoms with Crippen LogP contribution in [0.2, 0.25) is 0 Å². The Kier molecular flexibility index (Phi) is 3.86. The molecule has 0 aliphatic carbocycles. The molecule has 0 saturated heterocycles. The molecule has 0 fully saturated rings. The van der Waals surface area contributed by atoms with E-state index >= 15 is 0 Å². The Morgan fingerprint density at radius 3 is 2.36 bits per heavy atom. The number of benzene rings is 2. The maximum Gasteiger partial charge on any atom is 0.261 e. The predicted molar refractivity (Wildman–Crippen MR) is 101 cm³/mol. The van der Waals surface area contributed by atoms with Gasteiger partial charge in [0.15, 0.2) is 0 Å². The van der Waals surface area contributed by atoms with Gasteiger partial charge in [-0.3, -0.25) is 14.5 Å². The topological polar surface area (TPSA) is 40.6 Å². The van der Waals surface area contributed by atoms with Crippen molar-refractivity contribution in [3.05, 3.63) is 76.5 Å². The van der Waals surface area contributed by atoms with Gasteiger partial charge in [-0.1, -0.05) is 42.5 Å². The molecule has 25 heavy (non-hydrogen) atoms. The Morgan fingerprint density at radius 1 is 0.920 bits per heavy atom. The Bertz CT molecular complexity index is 949. The number of para-hydroxylation sites is 2. The minimum absolute atomic E-state index is 0.0543. The van der Waals surface area contributed by atoms with E-state index < -0.39 is 0 Å². The third kappa shape index (κ3) is 2.62. The van der Waals surface area contributed by atoms with Gasteiger partial charge < -0.3 is 4.90 Å². The van der Waals surface area contributed by atoms with E-state index in [0.717, 1.165) is 16.9 Å². The zero-order valence-corrected chi connectivity index (χ0v) is 14.5. The van der Waals surface area contributed by atoms with Gasteiger partial charge in [0.2, 0.25) is 5.91 Å². The first-order chi connectivity index (χ1) is 12.2. The van der Waals surface area contributed by atoms with Crippen LogP contribution in [0.5, 0.6) is 0 Å². The number of amides is 2. The molecule has 0 bridgehead atoms. The highest BCUT2D eigenvalue weighted by molar-refractivity contribution is 7.08. The van der Waals surface area contributed by atoms with E-state index in [-0.39, 0.29) is 18.2 Å². The average molecular weight is 348 g/mol. The van der Waals surface area contributed by atoms with Crippen molar-refractivity contribution in [2.75, 3.05) is 16.8 Å². The van der Waals surface area contributed by atoms with E-state index in [1.807, 2.05) is 65.4 Å². The first kappa shape index (κ1) is 15.6. The maximum atomic E-state index is 13.2. The van der Waals surface area contributed by atoms with Gasteiger partial charge in [0.05, 0.1) is 29.0 Å². The normalized spacial score (nSPS) is 13.2. The molecule has 0 spiro atoms. The monoisotopic (exact) mass is 348 g/mol. The van der Waals surface area contributed by atoms with Gasteiger partial charge >= 0.3 is 0 Å². The van der Waals surface area contributed by atoms with Crippen molar-refractivity contribution in [3.8, 4) is 0 Å². The second-order valence-corrected chi connectivity index (χ2v) is 6.66. The number of fused-ring (bicyclic) bond motifs is 2. The van der Waals surface area contributed by atoms with Gasteiger partial charge in [0.25, 0.3) is 5.91 Å². The van der Waals surface area contributed by atoms with Crippen LogP contribution in [0.4, 0.5) is 17.1 Å². The highest BCUT2D eigenvalue weighted by atomic mass is 32.1. The number of anilines is 3. The largest absolute Gasteiger partial charge is 0.309 e. The predicted octanol–water partition coefficient (Wildman–Crippen LogP) is 4.25. The zero-order chi connectivity index (χ0) is 17.4. The molecular weight excluding hydrogens is 332 g/mol. The highest BCUT2D eigenvalue weighted by Crippen LogP contribution is 2.41. The number of hydrogen-bond acceptors (Lipinski definition) is 3. The van der Waals surface area contributed by atoms with E-state index in [9.17, 15) is 9.59 Å². The molecule has 3 aromatic rings. The van der Waals surface area contributed by atoms with E-state index in [1.54, 1.807) is 16.8 Å². The minimum atomic E-state index is -0.0984. The van der Waals surface area contributed by atoms with Gasteiger partial charge in [-0.05, 0) is 17.7 Å². The third-order valence-electron chi connectivity index (χ3n) is 4.35. The van der Waals surface area contributed by atoms with Gasteiger partial charge in [0, 0.05) is 17.8 Å². The van der Waals surface area contributed by atoms with E-state index in [2.05, 4.69) is 0 Å². The fourth-order valence-corrected chi connectivity index (χ4v) is 3.89. The standard InChI is InChI=1S/C20H16N2O2S/c1-21-16-9-5-6-10-17(16)22(18-13-25-12-15(18)20(21)24)19(23)11-14-7-3-2-4-8-14/h2-10,12-13H,11H2,1H3. The number of hydrogen-bond donors (Lipinski definition) is 0. The van der Waals surface area contributed by atoms with Crippen LogP contribution in [0.15, 0.2) is 65.4 Å². The fraction of sp³-hybridized carbons (Fsp3) is 0.100. The molecular formula is C20H16N2O2S. The van der Waals surface area contributed by atoms with Crippen molar-refractivity contribution < 1.29 is 9.59 Å². The summed E-state index contributed by atoms with van der Waals surface area (Å²) in [6.07, 6.45) is 0.280. The number of carbonyl (C=O) groups excluding carboxylic acids is 2. The number of thiophene rings is 1. The van der Waals surface area contributed by atoms with Crippen molar-refractivity contribution in [2.45, 2.75) is 6.42 Å². The van der Waals surface area contributed by atoms with Crippen LogP contribution in [-0.4, -0.2) is 18.9 Å². The van der Waals surface area contributed by atoms with Crippen LogP contribution in [0, 0.1) is 0 Å². The molecule has 0 saturated carbocycles. The lowest BCUT2D eigenvalue weighted by atomic mass is 10.1. The summed E-state index contributed by atoms with van der Waals surface area (Å²) in [5.74, 6) is -0.153. The van der Waals surface area contributed by atoms with Gasteiger partial charge in [-0.2, -0.15) is 0 Å². The lowest BCUT2D eigenvalue weighted by Gasteiger charge is -2.24. The molecule has 5 heteroatoms. The summed E-state index contributed by atoms with van der Waals surface area (Å²) >= 11 is 1.43. The quantitative estimate of drug-likeness (QED) is 0.695. The van der Waals surface area contributed by atoms with E-state index in [4.69, 9.17) is 0 Å². The summed E-state index contributed by atoms with van der Waals surface area (Å²) in [5, 5.41) is 3.68. The summed E-state index contributed by atoms with van der Waals surface area (Å²) in [7, 11) is 1.74. The summed E-state index contributed by atoms with van der Waals surface area (Å²) in [4.78, 5) is 29.2. The first-order valence-electron chi connectivity index (χ1n) is 7.97. The molecule has 1 aromatic heterocycles. The first-order valence-corrected chi connectivity index (χ1v) is 8.91. The Labute approximate surface area is 149 Å². The molecule has 1 aliphatic rings. The third-order valence-corrected chi connectivity index (χ3v) is 5.08. The molecule has 0 unspecified atom stereocenters. The number of carbonyl (C=O) groups is 2. The van der Waals surface area contributed by atoms with E-state index in [0.29, 0.717) is 11.3 Å². The molecule has 0 atom stereocenters. The summed E-state index contributed by atoms with van der Waals surface area (Å²) < 4.78 is 0. The lowest BCUT2D eigenvalue weighted by molar-refractivity contribution is -0.117. The summed E-state index contributed by atoms with van der Waals surface area (Å²) in [5.41, 5.74) is 3.63. The van der Waals surface area contributed by atoms with Crippen LogP contribution in [-0.2, 0) is 11.2 Å². The number of nitrogens with zero attached hydrogens (tertiary/aromatic N) is 2. The highest BCUT2D eigenvalue weighted by Gasteiger charge is 2.32. The summed E-state index contributed by atoms with van der Waals surface area (Å²) in [6, 6.07) is 17.2. The minimum Gasteiger partial charge on any atom is -0.309 e. The number of rotatable bonds is 2. The molecule has 4 rings (SSSR count). The van der Waals surface area contributed by atoms with Crippen LogP contribution in [0.25, 0.3) is 0 Å².